The first-order chi connectivity index (χ1) is 14.1. The van der Waals surface area contributed by atoms with Gasteiger partial charge >= 0.3 is 0 Å². The minimum atomic E-state index is -0.0274. The number of aromatic nitrogens is 2. The van der Waals surface area contributed by atoms with Crippen LogP contribution in [0.5, 0.6) is 5.75 Å². The fraction of sp³-hybridized carbons (Fsp3) is 0.261. The number of anilines is 1. The molecule has 4 rings (SSSR count). The minimum Gasteiger partial charge on any atom is -0.508 e. The van der Waals surface area contributed by atoms with Crippen LogP contribution in [0.4, 0.5) is 5.82 Å². The molecule has 1 amide bonds. The molecule has 0 radical (unpaired) electrons. The number of nitrogens with one attached hydrogen (secondary N) is 2. The van der Waals surface area contributed by atoms with Crippen molar-refractivity contribution in [3.8, 4) is 17.1 Å². The average molecular weight is 388 g/mol. The van der Waals surface area contributed by atoms with Crippen LogP contribution < -0.4 is 10.6 Å². The summed E-state index contributed by atoms with van der Waals surface area (Å²) in [5.41, 5.74) is 3.64. The number of carbonyl (C=O) groups is 1. The second-order valence-electron chi connectivity index (χ2n) is 7.39. The number of aromatic hydroxyl groups is 1. The highest BCUT2D eigenvalue weighted by molar-refractivity contribution is 5.95. The van der Waals surface area contributed by atoms with Gasteiger partial charge in [-0.05, 0) is 56.0 Å². The van der Waals surface area contributed by atoms with Gasteiger partial charge in [0.1, 0.15) is 11.6 Å². The molecule has 0 bridgehead atoms. The SMILES string of the molecule is Cc1cnc(-c2ccc(C(=O)NC3CC3)cc2)nc1NCCc1ccc(O)cc1. The summed E-state index contributed by atoms with van der Waals surface area (Å²) in [5.74, 6) is 1.66. The fourth-order valence-electron chi connectivity index (χ4n) is 3.02. The number of phenols is 1. The van der Waals surface area contributed by atoms with E-state index in [2.05, 4.69) is 20.6 Å². The van der Waals surface area contributed by atoms with Gasteiger partial charge in [-0.15, -0.1) is 0 Å². The summed E-state index contributed by atoms with van der Waals surface area (Å²) in [5, 5.41) is 15.7. The first kappa shape index (κ1) is 18.9. The van der Waals surface area contributed by atoms with Crippen molar-refractivity contribution in [1.29, 1.82) is 0 Å². The molecule has 1 aliphatic carbocycles. The summed E-state index contributed by atoms with van der Waals surface area (Å²) < 4.78 is 0. The molecule has 0 unspecified atom stereocenters. The number of phenolic OH excluding ortho intramolecular Hbond substituents is 1. The highest BCUT2D eigenvalue weighted by atomic mass is 16.3. The predicted octanol–water partition coefficient (Wildman–Crippen LogP) is 3.70. The molecule has 0 atom stereocenters. The van der Waals surface area contributed by atoms with E-state index in [1.165, 1.54) is 0 Å². The lowest BCUT2D eigenvalue weighted by atomic mass is 10.1. The van der Waals surface area contributed by atoms with Gasteiger partial charge in [0.15, 0.2) is 5.82 Å². The first-order valence-corrected chi connectivity index (χ1v) is 9.85. The smallest absolute Gasteiger partial charge is 0.251 e. The number of hydrogen-bond acceptors (Lipinski definition) is 5. The molecule has 3 N–H and O–H groups in total. The number of rotatable bonds is 7. The quantitative estimate of drug-likeness (QED) is 0.574. The van der Waals surface area contributed by atoms with Crippen molar-refractivity contribution in [2.75, 3.05) is 11.9 Å². The zero-order valence-corrected chi connectivity index (χ0v) is 16.4. The van der Waals surface area contributed by atoms with Gasteiger partial charge in [0.25, 0.3) is 5.91 Å². The number of hydrogen-bond donors (Lipinski definition) is 3. The van der Waals surface area contributed by atoms with Gasteiger partial charge in [-0.2, -0.15) is 0 Å². The summed E-state index contributed by atoms with van der Waals surface area (Å²) in [6, 6.07) is 14.9. The molecule has 1 saturated carbocycles. The zero-order valence-electron chi connectivity index (χ0n) is 16.4. The van der Waals surface area contributed by atoms with Crippen molar-refractivity contribution in [3.63, 3.8) is 0 Å². The lowest BCUT2D eigenvalue weighted by Crippen LogP contribution is -2.25. The highest BCUT2D eigenvalue weighted by Crippen LogP contribution is 2.22. The average Bonchev–Trinajstić information content (AvgIpc) is 3.55. The number of benzene rings is 2. The van der Waals surface area contributed by atoms with E-state index in [0.29, 0.717) is 17.4 Å². The second kappa shape index (κ2) is 8.31. The fourth-order valence-corrected chi connectivity index (χ4v) is 3.02. The molecule has 29 heavy (non-hydrogen) atoms. The maximum Gasteiger partial charge on any atom is 0.251 e. The van der Waals surface area contributed by atoms with Crippen LogP contribution in [0.25, 0.3) is 11.4 Å². The maximum absolute atomic E-state index is 12.1. The molecule has 1 heterocycles. The third-order valence-electron chi connectivity index (χ3n) is 4.93. The summed E-state index contributed by atoms with van der Waals surface area (Å²) in [4.78, 5) is 21.2. The topological polar surface area (TPSA) is 87.1 Å². The Morgan fingerprint density at radius 1 is 1.10 bits per heavy atom. The van der Waals surface area contributed by atoms with Crippen LogP contribution in [0.1, 0.15) is 34.3 Å². The molecule has 1 aromatic heterocycles. The predicted molar refractivity (Wildman–Crippen MR) is 113 cm³/mol. The highest BCUT2D eigenvalue weighted by Gasteiger charge is 2.23. The standard InChI is InChI=1S/C23H24N4O2/c1-15-14-25-22(17-4-6-18(7-5-17)23(29)26-19-8-9-19)27-21(15)24-13-12-16-2-10-20(28)11-3-16/h2-7,10-11,14,19,28H,8-9,12-13H2,1H3,(H,26,29)(H,24,25,27). The molecule has 148 valence electrons. The molecule has 6 nitrogen and oxygen atoms in total. The molecule has 2 aromatic carbocycles. The van der Waals surface area contributed by atoms with E-state index in [9.17, 15) is 9.90 Å². The van der Waals surface area contributed by atoms with Gasteiger partial charge in [-0.1, -0.05) is 24.3 Å². The number of aryl methyl sites for hydroxylation is 1. The number of nitrogens with zero attached hydrogens (tertiary/aromatic N) is 2. The third-order valence-corrected chi connectivity index (χ3v) is 4.93. The van der Waals surface area contributed by atoms with Gasteiger partial charge in [0, 0.05) is 35.5 Å². The van der Waals surface area contributed by atoms with Crippen LogP contribution >= 0.6 is 0 Å². The van der Waals surface area contributed by atoms with Crippen LogP contribution in [-0.4, -0.2) is 33.6 Å². The first-order valence-electron chi connectivity index (χ1n) is 9.85. The van der Waals surface area contributed by atoms with Gasteiger partial charge in [0.2, 0.25) is 0 Å². The zero-order chi connectivity index (χ0) is 20.2. The molecular formula is C23H24N4O2. The van der Waals surface area contributed by atoms with Crippen molar-refractivity contribution in [1.82, 2.24) is 15.3 Å². The van der Waals surface area contributed by atoms with Crippen molar-refractivity contribution < 1.29 is 9.90 Å². The van der Waals surface area contributed by atoms with Gasteiger partial charge in [-0.25, -0.2) is 9.97 Å². The Balaban J connectivity index is 1.41. The lowest BCUT2D eigenvalue weighted by Gasteiger charge is -2.10. The summed E-state index contributed by atoms with van der Waals surface area (Å²) >= 11 is 0. The molecule has 6 heteroatoms. The molecule has 1 aliphatic rings. The second-order valence-corrected chi connectivity index (χ2v) is 7.39. The molecule has 0 saturated heterocycles. The van der Waals surface area contributed by atoms with Crippen LogP contribution in [0.2, 0.25) is 0 Å². The van der Waals surface area contributed by atoms with E-state index in [-0.39, 0.29) is 11.7 Å². The van der Waals surface area contributed by atoms with E-state index in [1.54, 1.807) is 18.3 Å². The Hall–Kier alpha value is -3.41. The lowest BCUT2D eigenvalue weighted by molar-refractivity contribution is 0.0951. The Morgan fingerprint density at radius 2 is 1.83 bits per heavy atom. The normalized spacial score (nSPS) is 13.1. The number of amides is 1. The van der Waals surface area contributed by atoms with Crippen LogP contribution in [0, 0.1) is 6.92 Å². The Bertz CT molecular complexity index is 996. The largest absolute Gasteiger partial charge is 0.508 e. The molecule has 0 aliphatic heterocycles. The van der Waals surface area contributed by atoms with Gasteiger partial charge in [-0.3, -0.25) is 4.79 Å². The van der Waals surface area contributed by atoms with Crippen LogP contribution in [0.15, 0.2) is 54.7 Å². The van der Waals surface area contributed by atoms with Crippen LogP contribution in [0.3, 0.4) is 0 Å². The van der Waals surface area contributed by atoms with E-state index in [4.69, 9.17) is 0 Å². The Labute approximate surface area is 170 Å². The van der Waals surface area contributed by atoms with E-state index in [0.717, 1.165) is 48.3 Å². The monoisotopic (exact) mass is 388 g/mol. The van der Waals surface area contributed by atoms with Crippen molar-refractivity contribution >= 4 is 11.7 Å². The van der Waals surface area contributed by atoms with Gasteiger partial charge < -0.3 is 15.7 Å². The third kappa shape index (κ3) is 4.90. The maximum atomic E-state index is 12.1. The molecular weight excluding hydrogens is 364 g/mol. The van der Waals surface area contributed by atoms with E-state index in [1.807, 2.05) is 43.3 Å². The minimum absolute atomic E-state index is 0.0274. The summed E-state index contributed by atoms with van der Waals surface area (Å²) in [6.07, 6.45) is 4.77. The molecule has 3 aromatic rings. The summed E-state index contributed by atoms with van der Waals surface area (Å²) in [6.45, 7) is 2.69. The van der Waals surface area contributed by atoms with Crippen molar-refractivity contribution in [3.05, 3.63) is 71.4 Å². The Kier molecular flexibility index (Phi) is 5.42. The molecule has 0 spiro atoms. The Morgan fingerprint density at radius 3 is 2.52 bits per heavy atom. The van der Waals surface area contributed by atoms with E-state index >= 15 is 0 Å². The van der Waals surface area contributed by atoms with Crippen LogP contribution in [-0.2, 0) is 6.42 Å². The van der Waals surface area contributed by atoms with Crippen molar-refractivity contribution in [2.24, 2.45) is 0 Å². The summed E-state index contributed by atoms with van der Waals surface area (Å²) in [7, 11) is 0. The molecule has 1 fully saturated rings. The van der Waals surface area contributed by atoms with E-state index < -0.39 is 0 Å². The van der Waals surface area contributed by atoms with Crippen molar-refractivity contribution in [2.45, 2.75) is 32.2 Å². The number of carbonyl (C=O) groups excluding carboxylic acids is 1. The van der Waals surface area contributed by atoms with Gasteiger partial charge in [0.05, 0.1) is 0 Å².